The fourth-order valence-electron chi connectivity index (χ4n) is 0.548. The molecular formula is C5H6N4O4. The van der Waals surface area contributed by atoms with Gasteiger partial charge >= 0.3 is 11.9 Å². The number of carboxylic acid groups (broad SMARTS) is 1. The van der Waals surface area contributed by atoms with E-state index in [0.717, 1.165) is 0 Å². The van der Waals surface area contributed by atoms with Gasteiger partial charge in [-0.2, -0.15) is 4.98 Å². The number of primary amides is 1. The van der Waals surface area contributed by atoms with Gasteiger partial charge in [-0.1, -0.05) is 0 Å². The Morgan fingerprint density at radius 1 is 1.62 bits per heavy atom. The third kappa shape index (κ3) is 2.43. The SMILES string of the molecule is NC(=O)CNc1noc(C(=O)O)n1. The lowest BCUT2D eigenvalue weighted by molar-refractivity contribution is -0.116. The second kappa shape index (κ2) is 3.52. The van der Waals surface area contributed by atoms with Crippen molar-refractivity contribution in [2.24, 2.45) is 5.73 Å². The van der Waals surface area contributed by atoms with Crippen LogP contribution in [0.2, 0.25) is 0 Å². The Bertz CT molecular complexity index is 333. The summed E-state index contributed by atoms with van der Waals surface area (Å²) < 4.78 is 4.28. The van der Waals surface area contributed by atoms with Gasteiger partial charge in [-0.25, -0.2) is 4.79 Å². The summed E-state index contributed by atoms with van der Waals surface area (Å²) in [5.41, 5.74) is 4.80. The van der Waals surface area contributed by atoms with Crippen LogP contribution in [0.4, 0.5) is 5.95 Å². The highest BCUT2D eigenvalue weighted by Gasteiger charge is 2.12. The first-order valence-electron chi connectivity index (χ1n) is 3.19. The van der Waals surface area contributed by atoms with Gasteiger partial charge in [-0.15, -0.1) is 0 Å². The molecule has 0 atom stereocenters. The first-order valence-corrected chi connectivity index (χ1v) is 3.19. The largest absolute Gasteiger partial charge is 0.474 e. The van der Waals surface area contributed by atoms with E-state index in [9.17, 15) is 9.59 Å². The van der Waals surface area contributed by atoms with Crippen LogP contribution in [-0.2, 0) is 4.79 Å². The van der Waals surface area contributed by atoms with E-state index >= 15 is 0 Å². The van der Waals surface area contributed by atoms with Crippen LogP contribution in [0.1, 0.15) is 10.7 Å². The summed E-state index contributed by atoms with van der Waals surface area (Å²) in [6, 6.07) is 0. The molecule has 8 nitrogen and oxygen atoms in total. The predicted molar refractivity (Wildman–Crippen MR) is 38.9 cm³/mol. The zero-order valence-corrected chi connectivity index (χ0v) is 6.35. The molecule has 0 saturated carbocycles. The average Bonchev–Trinajstić information content (AvgIpc) is 2.48. The molecule has 0 fully saturated rings. The highest BCUT2D eigenvalue weighted by Crippen LogP contribution is 2.00. The summed E-state index contributed by atoms with van der Waals surface area (Å²) in [5.74, 6) is -2.58. The maximum Gasteiger partial charge on any atom is 0.394 e. The molecule has 4 N–H and O–H groups in total. The number of aromatic nitrogens is 2. The molecule has 0 radical (unpaired) electrons. The molecule has 1 aromatic rings. The zero-order valence-electron chi connectivity index (χ0n) is 6.35. The molecule has 1 aromatic heterocycles. The molecule has 0 bridgehead atoms. The van der Waals surface area contributed by atoms with Crippen LogP contribution >= 0.6 is 0 Å². The van der Waals surface area contributed by atoms with Crippen molar-refractivity contribution < 1.29 is 19.2 Å². The minimum Gasteiger partial charge on any atom is -0.474 e. The molecule has 0 saturated heterocycles. The van der Waals surface area contributed by atoms with Crippen molar-refractivity contribution in [2.45, 2.75) is 0 Å². The molecule has 1 amide bonds. The standard InChI is InChI=1S/C5H6N4O4/c6-2(10)1-7-5-8-3(4(11)12)13-9-5/h1H2,(H2,6,10)(H,7,9)(H,11,12). The lowest BCUT2D eigenvalue weighted by atomic mass is 10.6. The maximum atomic E-state index is 10.3. The van der Waals surface area contributed by atoms with E-state index in [4.69, 9.17) is 10.8 Å². The summed E-state index contributed by atoms with van der Waals surface area (Å²) in [6.45, 7) is -0.182. The van der Waals surface area contributed by atoms with Crippen molar-refractivity contribution >= 4 is 17.8 Å². The highest BCUT2D eigenvalue weighted by atomic mass is 16.5. The van der Waals surface area contributed by atoms with E-state index in [-0.39, 0.29) is 12.5 Å². The molecule has 0 unspecified atom stereocenters. The number of carbonyl (C=O) groups excluding carboxylic acids is 1. The first kappa shape index (κ1) is 8.97. The van der Waals surface area contributed by atoms with Crippen LogP contribution in [0.25, 0.3) is 0 Å². The average molecular weight is 186 g/mol. The van der Waals surface area contributed by atoms with Crippen molar-refractivity contribution in [2.75, 3.05) is 11.9 Å². The minimum absolute atomic E-state index is 0.0869. The third-order valence-electron chi connectivity index (χ3n) is 1.03. The van der Waals surface area contributed by atoms with Crippen molar-refractivity contribution in [3.8, 4) is 0 Å². The van der Waals surface area contributed by atoms with Crippen LogP contribution < -0.4 is 11.1 Å². The van der Waals surface area contributed by atoms with Crippen molar-refractivity contribution in [3.63, 3.8) is 0 Å². The monoisotopic (exact) mass is 186 g/mol. The number of nitrogens with zero attached hydrogens (tertiary/aromatic N) is 2. The second-order valence-electron chi connectivity index (χ2n) is 2.05. The highest BCUT2D eigenvalue weighted by molar-refractivity contribution is 5.82. The van der Waals surface area contributed by atoms with E-state index in [1.807, 2.05) is 0 Å². The number of rotatable bonds is 4. The van der Waals surface area contributed by atoms with Crippen LogP contribution in [0.15, 0.2) is 4.52 Å². The van der Waals surface area contributed by atoms with E-state index in [2.05, 4.69) is 20.0 Å². The van der Waals surface area contributed by atoms with Gasteiger partial charge in [0.1, 0.15) is 0 Å². The van der Waals surface area contributed by atoms with Gasteiger partial charge in [0.2, 0.25) is 5.91 Å². The Kier molecular flexibility index (Phi) is 2.43. The van der Waals surface area contributed by atoms with Gasteiger partial charge in [-0.3, -0.25) is 4.79 Å². The number of nitrogens with one attached hydrogen (secondary N) is 1. The summed E-state index contributed by atoms with van der Waals surface area (Å²) >= 11 is 0. The van der Waals surface area contributed by atoms with E-state index in [0.29, 0.717) is 0 Å². The number of carboxylic acids is 1. The quantitative estimate of drug-likeness (QED) is 0.530. The zero-order chi connectivity index (χ0) is 9.84. The Labute approximate surface area is 71.7 Å². The minimum atomic E-state index is -1.33. The van der Waals surface area contributed by atoms with Gasteiger partial charge < -0.3 is 20.7 Å². The summed E-state index contributed by atoms with van der Waals surface area (Å²) in [4.78, 5) is 23.9. The number of hydrogen-bond acceptors (Lipinski definition) is 6. The lowest BCUT2D eigenvalue weighted by Crippen LogP contribution is -2.22. The Hall–Kier alpha value is -2.12. The van der Waals surface area contributed by atoms with E-state index < -0.39 is 17.8 Å². The number of anilines is 1. The van der Waals surface area contributed by atoms with Crippen LogP contribution in [0.5, 0.6) is 0 Å². The molecule has 8 heteroatoms. The molecule has 0 spiro atoms. The second-order valence-corrected chi connectivity index (χ2v) is 2.05. The molecular weight excluding hydrogens is 180 g/mol. The molecule has 0 aliphatic heterocycles. The van der Waals surface area contributed by atoms with Gasteiger partial charge in [0.25, 0.3) is 5.95 Å². The Morgan fingerprint density at radius 3 is 2.77 bits per heavy atom. The van der Waals surface area contributed by atoms with Crippen LogP contribution in [0.3, 0.4) is 0 Å². The molecule has 1 heterocycles. The summed E-state index contributed by atoms with van der Waals surface area (Å²) in [7, 11) is 0. The fraction of sp³-hybridized carbons (Fsp3) is 0.200. The number of carbonyl (C=O) groups is 2. The van der Waals surface area contributed by atoms with Crippen LogP contribution in [-0.4, -0.2) is 33.7 Å². The smallest absolute Gasteiger partial charge is 0.394 e. The number of nitrogens with two attached hydrogens (primary N) is 1. The number of aromatic carboxylic acids is 1. The van der Waals surface area contributed by atoms with Gasteiger partial charge in [0.05, 0.1) is 6.54 Å². The van der Waals surface area contributed by atoms with E-state index in [1.165, 1.54) is 0 Å². The lowest BCUT2D eigenvalue weighted by Gasteiger charge is -1.93. The molecule has 0 aliphatic carbocycles. The number of hydrogen-bond donors (Lipinski definition) is 3. The van der Waals surface area contributed by atoms with Gasteiger partial charge in [-0.05, 0) is 5.16 Å². The molecule has 1 rings (SSSR count). The van der Waals surface area contributed by atoms with Gasteiger partial charge in [0, 0.05) is 0 Å². The Morgan fingerprint density at radius 2 is 2.31 bits per heavy atom. The van der Waals surface area contributed by atoms with Crippen molar-refractivity contribution in [3.05, 3.63) is 5.89 Å². The fourth-order valence-corrected chi connectivity index (χ4v) is 0.548. The third-order valence-corrected chi connectivity index (χ3v) is 1.03. The van der Waals surface area contributed by atoms with E-state index in [1.54, 1.807) is 0 Å². The van der Waals surface area contributed by atoms with Crippen molar-refractivity contribution in [1.82, 2.24) is 10.1 Å². The Balaban J connectivity index is 2.59. The normalized spacial score (nSPS) is 9.54. The topological polar surface area (TPSA) is 131 Å². The van der Waals surface area contributed by atoms with Crippen molar-refractivity contribution in [1.29, 1.82) is 0 Å². The maximum absolute atomic E-state index is 10.3. The molecule has 13 heavy (non-hydrogen) atoms. The number of amides is 1. The predicted octanol–water partition coefficient (Wildman–Crippen LogP) is -1.34. The molecule has 70 valence electrons. The van der Waals surface area contributed by atoms with Gasteiger partial charge in [0.15, 0.2) is 0 Å². The molecule has 0 aliphatic rings. The first-order chi connectivity index (χ1) is 6.09. The van der Waals surface area contributed by atoms with Crippen LogP contribution in [0, 0.1) is 0 Å². The molecule has 0 aromatic carbocycles. The summed E-state index contributed by atoms with van der Waals surface area (Å²) in [6.07, 6.45) is 0. The summed E-state index contributed by atoms with van der Waals surface area (Å²) in [5, 5.41) is 13.9.